The third-order valence-electron chi connectivity index (χ3n) is 2.26. The minimum atomic E-state index is -0.630. The standard InChI is InChI=1S/C10H12N2O2/c1-10(8-5-3-2-4-6-8)12-11-9(13)7-14-10/h2-6,12H,7H2,1H3,(H,11,13)/t10-/m0/s1. The largest absolute Gasteiger partial charge is 0.345 e. The first-order valence-electron chi connectivity index (χ1n) is 4.46. The van der Waals surface area contributed by atoms with Gasteiger partial charge < -0.3 is 4.74 Å². The van der Waals surface area contributed by atoms with E-state index in [2.05, 4.69) is 10.9 Å². The Bertz CT molecular complexity index is 327. The Hall–Kier alpha value is -1.39. The molecule has 1 amide bonds. The van der Waals surface area contributed by atoms with Crippen LogP contribution in [-0.4, -0.2) is 12.5 Å². The molecule has 1 aromatic rings. The van der Waals surface area contributed by atoms with Crippen molar-refractivity contribution < 1.29 is 9.53 Å². The third-order valence-corrected chi connectivity index (χ3v) is 2.26. The lowest BCUT2D eigenvalue weighted by Crippen LogP contribution is -2.58. The zero-order chi connectivity index (χ0) is 10.0. The van der Waals surface area contributed by atoms with Crippen LogP contribution >= 0.6 is 0 Å². The van der Waals surface area contributed by atoms with E-state index in [9.17, 15) is 4.79 Å². The zero-order valence-electron chi connectivity index (χ0n) is 7.91. The van der Waals surface area contributed by atoms with Crippen molar-refractivity contribution in [2.75, 3.05) is 6.61 Å². The minimum Gasteiger partial charge on any atom is -0.345 e. The van der Waals surface area contributed by atoms with Gasteiger partial charge in [0.05, 0.1) is 0 Å². The first-order chi connectivity index (χ1) is 6.71. The van der Waals surface area contributed by atoms with Crippen LogP contribution in [0, 0.1) is 0 Å². The summed E-state index contributed by atoms with van der Waals surface area (Å²) in [4.78, 5) is 10.9. The van der Waals surface area contributed by atoms with Crippen LogP contribution in [0.1, 0.15) is 12.5 Å². The lowest BCUT2D eigenvalue weighted by Gasteiger charge is -2.35. The number of benzene rings is 1. The SMILES string of the molecule is C[C@]1(c2ccccc2)NNC(=O)CO1. The summed E-state index contributed by atoms with van der Waals surface area (Å²) >= 11 is 0. The maximum Gasteiger partial charge on any atom is 0.260 e. The maximum absolute atomic E-state index is 10.9. The van der Waals surface area contributed by atoms with Crippen LogP contribution in [0.4, 0.5) is 0 Å². The van der Waals surface area contributed by atoms with Gasteiger partial charge in [0.2, 0.25) is 0 Å². The van der Waals surface area contributed by atoms with Gasteiger partial charge in [0, 0.05) is 0 Å². The van der Waals surface area contributed by atoms with Crippen molar-refractivity contribution in [1.82, 2.24) is 10.9 Å². The first-order valence-corrected chi connectivity index (χ1v) is 4.46. The molecule has 0 unspecified atom stereocenters. The molecular weight excluding hydrogens is 180 g/mol. The van der Waals surface area contributed by atoms with Gasteiger partial charge in [0.15, 0.2) is 5.72 Å². The van der Waals surface area contributed by atoms with E-state index < -0.39 is 5.72 Å². The van der Waals surface area contributed by atoms with E-state index in [4.69, 9.17) is 4.74 Å². The Morgan fingerprint density at radius 3 is 2.64 bits per heavy atom. The van der Waals surface area contributed by atoms with Crippen molar-refractivity contribution in [3.8, 4) is 0 Å². The molecule has 2 rings (SSSR count). The Morgan fingerprint density at radius 2 is 2.07 bits per heavy atom. The second kappa shape index (κ2) is 3.40. The van der Waals surface area contributed by atoms with E-state index in [-0.39, 0.29) is 12.5 Å². The summed E-state index contributed by atoms with van der Waals surface area (Å²) in [6.07, 6.45) is 0. The predicted molar refractivity (Wildman–Crippen MR) is 51.0 cm³/mol. The van der Waals surface area contributed by atoms with Gasteiger partial charge in [-0.15, -0.1) is 0 Å². The van der Waals surface area contributed by atoms with Gasteiger partial charge in [-0.2, -0.15) is 5.43 Å². The fraction of sp³-hybridized carbons (Fsp3) is 0.300. The van der Waals surface area contributed by atoms with Crippen molar-refractivity contribution in [3.63, 3.8) is 0 Å². The molecule has 1 fully saturated rings. The molecule has 0 saturated carbocycles. The highest BCUT2D eigenvalue weighted by Crippen LogP contribution is 2.22. The summed E-state index contributed by atoms with van der Waals surface area (Å²) in [5, 5.41) is 0. The quantitative estimate of drug-likeness (QED) is 0.681. The first kappa shape index (κ1) is 9.18. The average Bonchev–Trinajstić information content (AvgIpc) is 2.24. The molecule has 74 valence electrons. The van der Waals surface area contributed by atoms with Crippen molar-refractivity contribution in [1.29, 1.82) is 0 Å². The van der Waals surface area contributed by atoms with Gasteiger partial charge >= 0.3 is 0 Å². The molecule has 1 aliphatic rings. The fourth-order valence-electron chi connectivity index (χ4n) is 1.38. The van der Waals surface area contributed by atoms with E-state index in [1.807, 2.05) is 37.3 Å². The maximum atomic E-state index is 10.9. The number of carbonyl (C=O) groups excluding carboxylic acids is 1. The second-order valence-electron chi connectivity index (χ2n) is 3.36. The van der Waals surface area contributed by atoms with Gasteiger partial charge in [0.1, 0.15) is 6.61 Å². The summed E-state index contributed by atoms with van der Waals surface area (Å²) in [6.45, 7) is 1.96. The highest BCUT2D eigenvalue weighted by Gasteiger charge is 2.31. The monoisotopic (exact) mass is 192 g/mol. The Morgan fingerprint density at radius 1 is 1.36 bits per heavy atom. The molecule has 4 nitrogen and oxygen atoms in total. The normalized spacial score (nSPS) is 27.1. The number of hydrogen-bond acceptors (Lipinski definition) is 3. The van der Waals surface area contributed by atoms with E-state index in [1.165, 1.54) is 0 Å². The molecule has 4 heteroatoms. The number of rotatable bonds is 1. The molecule has 1 aliphatic heterocycles. The van der Waals surface area contributed by atoms with Crippen molar-refractivity contribution in [2.24, 2.45) is 0 Å². The number of amides is 1. The van der Waals surface area contributed by atoms with Gasteiger partial charge in [-0.05, 0) is 12.5 Å². The smallest absolute Gasteiger partial charge is 0.260 e. The summed E-state index contributed by atoms with van der Waals surface area (Å²) in [5.74, 6) is -0.154. The van der Waals surface area contributed by atoms with Gasteiger partial charge in [-0.3, -0.25) is 10.2 Å². The predicted octanol–water partition coefficient (Wildman–Crippen LogP) is 0.510. The molecule has 1 saturated heterocycles. The van der Waals surface area contributed by atoms with Gasteiger partial charge in [-0.1, -0.05) is 30.3 Å². The van der Waals surface area contributed by atoms with E-state index >= 15 is 0 Å². The van der Waals surface area contributed by atoms with Crippen molar-refractivity contribution in [3.05, 3.63) is 35.9 Å². The van der Waals surface area contributed by atoms with Crippen molar-refractivity contribution in [2.45, 2.75) is 12.6 Å². The lowest BCUT2D eigenvalue weighted by molar-refractivity contribution is -0.154. The Labute approximate surface area is 82.2 Å². The van der Waals surface area contributed by atoms with E-state index in [0.29, 0.717) is 0 Å². The van der Waals surface area contributed by atoms with Crippen LogP contribution in [0.2, 0.25) is 0 Å². The topological polar surface area (TPSA) is 50.4 Å². The molecule has 0 bridgehead atoms. The summed E-state index contributed by atoms with van der Waals surface area (Å²) in [6, 6.07) is 9.70. The molecule has 2 N–H and O–H groups in total. The van der Waals surface area contributed by atoms with E-state index in [0.717, 1.165) is 5.56 Å². The van der Waals surface area contributed by atoms with Crippen LogP contribution in [-0.2, 0) is 15.3 Å². The summed E-state index contributed by atoms with van der Waals surface area (Å²) in [7, 11) is 0. The van der Waals surface area contributed by atoms with Crippen molar-refractivity contribution >= 4 is 5.91 Å². The third kappa shape index (κ3) is 1.62. The number of ether oxygens (including phenoxy) is 1. The minimum absolute atomic E-state index is 0.0817. The molecular formula is C10H12N2O2. The lowest BCUT2D eigenvalue weighted by atomic mass is 10.1. The Balaban J connectivity index is 2.21. The second-order valence-corrected chi connectivity index (χ2v) is 3.36. The van der Waals surface area contributed by atoms with Crippen LogP contribution < -0.4 is 10.9 Å². The molecule has 0 radical (unpaired) electrons. The molecule has 1 aromatic carbocycles. The fourth-order valence-corrected chi connectivity index (χ4v) is 1.38. The highest BCUT2D eigenvalue weighted by molar-refractivity contribution is 5.77. The van der Waals surface area contributed by atoms with Crippen LogP contribution in [0.15, 0.2) is 30.3 Å². The molecule has 0 aliphatic carbocycles. The van der Waals surface area contributed by atoms with Gasteiger partial charge in [0.25, 0.3) is 5.91 Å². The number of hydrogen-bond donors (Lipinski definition) is 2. The van der Waals surface area contributed by atoms with Crippen LogP contribution in [0.25, 0.3) is 0 Å². The highest BCUT2D eigenvalue weighted by atomic mass is 16.5. The molecule has 0 aromatic heterocycles. The zero-order valence-corrected chi connectivity index (χ0v) is 7.91. The Kier molecular flexibility index (Phi) is 2.23. The molecule has 0 spiro atoms. The van der Waals surface area contributed by atoms with E-state index in [1.54, 1.807) is 0 Å². The van der Waals surface area contributed by atoms with Gasteiger partial charge in [-0.25, -0.2) is 0 Å². The number of carbonyl (C=O) groups is 1. The molecule has 1 atom stereocenters. The number of nitrogens with one attached hydrogen (secondary N) is 2. The molecule has 14 heavy (non-hydrogen) atoms. The summed E-state index contributed by atoms with van der Waals surface area (Å²) in [5.41, 5.74) is 5.75. The van der Waals surface area contributed by atoms with Crippen LogP contribution in [0.3, 0.4) is 0 Å². The van der Waals surface area contributed by atoms with Crippen LogP contribution in [0.5, 0.6) is 0 Å². The summed E-state index contributed by atoms with van der Waals surface area (Å²) < 4.78 is 5.44. The molecule has 1 heterocycles. The average molecular weight is 192 g/mol. The number of hydrazine groups is 1.